The van der Waals surface area contributed by atoms with Crippen molar-refractivity contribution < 1.29 is 9.90 Å². The highest BCUT2D eigenvalue weighted by atomic mass is 32.1. The lowest BCUT2D eigenvalue weighted by Crippen LogP contribution is -2.48. The van der Waals surface area contributed by atoms with Gasteiger partial charge in [0.1, 0.15) is 5.66 Å². The first-order valence-corrected chi connectivity index (χ1v) is 6.91. The van der Waals surface area contributed by atoms with Crippen LogP contribution < -0.4 is 15.8 Å². The number of carbonyl (C=O) groups is 1. The number of carboxylic acid groups (broad SMARTS) is 1. The first-order valence-electron chi connectivity index (χ1n) is 6.50. The van der Waals surface area contributed by atoms with Crippen LogP contribution in [-0.2, 0) is 4.79 Å². The fourth-order valence-electron chi connectivity index (χ4n) is 2.14. The summed E-state index contributed by atoms with van der Waals surface area (Å²) in [4.78, 5) is 10.7. The Labute approximate surface area is 123 Å². The molecule has 1 aromatic rings. The van der Waals surface area contributed by atoms with E-state index in [0.717, 1.165) is 5.69 Å². The van der Waals surface area contributed by atoms with E-state index in [1.807, 2.05) is 19.1 Å². The third-order valence-electron chi connectivity index (χ3n) is 3.53. The number of nitrogens with zero attached hydrogens (tertiary/aromatic N) is 1. The van der Waals surface area contributed by atoms with E-state index in [4.69, 9.17) is 17.3 Å². The molecule has 1 fully saturated rings. The first-order chi connectivity index (χ1) is 9.31. The van der Waals surface area contributed by atoms with Crippen LogP contribution in [0.25, 0.3) is 0 Å². The van der Waals surface area contributed by atoms with Gasteiger partial charge in [0.25, 0.3) is 0 Å². The Balaban J connectivity index is 2.16. The van der Waals surface area contributed by atoms with Crippen molar-refractivity contribution in [3.8, 4) is 0 Å². The summed E-state index contributed by atoms with van der Waals surface area (Å²) < 4.78 is 0. The fraction of sp³-hybridized carbons (Fsp3) is 0.429. The van der Waals surface area contributed by atoms with Crippen LogP contribution in [-0.4, -0.2) is 21.9 Å². The van der Waals surface area contributed by atoms with Gasteiger partial charge in [0.05, 0.1) is 5.69 Å². The molecule has 2 rings (SSSR count). The Morgan fingerprint density at radius 1 is 1.40 bits per heavy atom. The molecular weight excluding hydrogens is 274 g/mol. The van der Waals surface area contributed by atoms with Crippen molar-refractivity contribution in [2.45, 2.75) is 39.3 Å². The number of hydrogen-bond acceptors (Lipinski definition) is 3. The number of rotatable bonds is 4. The van der Waals surface area contributed by atoms with Gasteiger partial charge in [-0.3, -0.25) is 9.80 Å². The SMILES string of the molecule is Cc1ccc(N2N[C@@](C)(CCC(=O)O)NC2=S)cc1C. The number of aryl methyl sites for hydroxylation is 2. The van der Waals surface area contributed by atoms with E-state index in [1.54, 1.807) is 5.01 Å². The van der Waals surface area contributed by atoms with E-state index in [0.29, 0.717) is 11.5 Å². The fourth-order valence-corrected chi connectivity index (χ4v) is 2.52. The smallest absolute Gasteiger partial charge is 0.303 e. The van der Waals surface area contributed by atoms with Crippen LogP contribution in [0.3, 0.4) is 0 Å². The average Bonchev–Trinajstić information content (AvgIpc) is 2.67. The zero-order valence-corrected chi connectivity index (χ0v) is 12.7. The molecule has 0 aliphatic carbocycles. The summed E-state index contributed by atoms with van der Waals surface area (Å²) in [6.07, 6.45) is 0.531. The standard InChI is InChI=1S/C14H19N3O2S/c1-9-4-5-11(8-10(9)2)17-13(20)15-14(3,16-17)7-6-12(18)19/h4-5,8,16H,6-7H2,1-3H3,(H,15,20)(H,18,19)/t14-/m0/s1. The zero-order chi connectivity index (χ0) is 14.9. The van der Waals surface area contributed by atoms with E-state index < -0.39 is 11.6 Å². The maximum atomic E-state index is 10.7. The molecule has 108 valence electrons. The van der Waals surface area contributed by atoms with Crippen LogP contribution in [0.2, 0.25) is 0 Å². The van der Waals surface area contributed by atoms with E-state index >= 15 is 0 Å². The Kier molecular flexibility index (Phi) is 3.96. The summed E-state index contributed by atoms with van der Waals surface area (Å²) >= 11 is 5.33. The molecule has 6 heteroatoms. The third kappa shape index (κ3) is 3.08. The Hall–Kier alpha value is -1.66. The quantitative estimate of drug-likeness (QED) is 0.739. The predicted molar refractivity (Wildman–Crippen MR) is 82.5 cm³/mol. The Bertz CT molecular complexity index is 561. The maximum Gasteiger partial charge on any atom is 0.303 e. The predicted octanol–water partition coefficient (Wildman–Crippen LogP) is 2.08. The minimum atomic E-state index is -0.814. The lowest BCUT2D eigenvalue weighted by atomic mass is 10.1. The number of benzene rings is 1. The summed E-state index contributed by atoms with van der Waals surface area (Å²) in [5, 5.41) is 14.3. The number of aliphatic carboxylic acids is 1. The van der Waals surface area contributed by atoms with Crippen LogP contribution >= 0.6 is 12.2 Å². The molecule has 0 bridgehead atoms. The van der Waals surface area contributed by atoms with Gasteiger partial charge in [-0.2, -0.15) is 0 Å². The first kappa shape index (κ1) is 14.7. The van der Waals surface area contributed by atoms with Gasteiger partial charge in [0, 0.05) is 6.42 Å². The van der Waals surface area contributed by atoms with E-state index in [9.17, 15) is 4.79 Å². The van der Waals surface area contributed by atoms with E-state index in [2.05, 4.69) is 30.7 Å². The molecule has 0 saturated carbocycles. The van der Waals surface area contributed by atoms with Gasteiger partial charge >= 0.3 is 5.97 Å². The van der Waals surface area contributed by atoms with Crippen molar-refractivity contribution in [1.29, 1.82) is 0 Å². The van der Waals surface area contributed by atoms with Crippen molar-refractivity contribution >= 4 is 29.0 Å². The maximum absolute atomic E-state index is 10.7. The molecule has 20 heavy (non-hydrogen) atoms. The van der Waals surface area contributed by atoms with Crippen molar-refractivity contribution in [2.24, 2.45) is 0 Å². The van der Waals surface area contributed by atoms with E-state index in [-0.39, 0.29) is 6.42 Å². The van der Waals surface area contributed by atoms with Gasteiger partial charge < -0.3 is 10.4 Å². The van der Waals surface area contributed by atoms with Gasteiger partial charge in [-0.15, -0.1) is 0 Å². The summed E-state index contributed by atoms with van der Waals surface area (Å²) in [6.45, 7) is 6.02. The summed E-state index contributed by atoms with van der Waals surface area (Å²) in [7, 11) is 0. The average molecular weight is 293 g/mol. The van der Waals surface area contributed by atoms with Crippen LogP contribution in [0.4, 0.5) is 5.69 Å². The number of anilines is 1. The lowest BCUT2D eigenvalue weighted by molar-refractivity contribution is -0.137. The molecule has 0 radical (unpaired) electrons. The summed E-state index contributed by atoms with van der Waals surface area (Å²) in [5.74, 6) is -0.814. The number of thiocarbonyl (C=S) groups is 1. The molecular formula is C14H19N3O2S. The highest BCUT2D eigenvalue weighted by molar-refractivity contribution is 7.80. The number of hydrazine groups is 1. The Morgan fingerprint density at radius 2 is 2.10 bits per heavy atom. The number of hydrogen-bond donors (Lipinski definition) is 3. The Morgan fingerprint density at radius 3 is 2.70 bits per heavy atom. The summed E-state index contributed by atoms with van der Waals surface area (Å²) in [5.41, 5.74) is 6.08. The zero-order valence-electron chi connectivity index (χ0n) is 11.9. The van der Waals surface area contributed by atoms with Gasteiger partial charge in [0.2, 0.25) is 0 Å². The van der Waals surface area contributed by atoms with Gasteiger partial charge in [-0.25, -0.2) is 5.43 Å². The van der Waals surface area contributed by atoms with Crippen molar-refractivity contribution in [3.63, 3.8) is 0 Å². The molecule has 1 atom stereocenters. The minimum absolute atomic E-state index is 0.0832. The van der Waals surface area contributed by atoms with Gasteiger partial charge in [-0.1, -0.05) is 6.07 Å². The van der Waals surface area contributed by atoms with Crippen molar-refractivity contribution in [3.05, 3.63) is 29.3 Å². The minimum Gasteiger partial charge on any atom is -0.481 e. The second-order valence-corrected chi connectivity index (χ2v) is 5.76. The van der Waals surface area contributed by atoms with Crippen LogP contribution in [0.1, 0.15) is 30.9 Å². The highest BCUT2D eigenvalue weighted by Crippen LogP contribution is 2.24. The molecule has 1 aliphatic rings. The molecule has 1 saturated heterocycles. The lowest BCUT2D eigenvalue weighted by Gasteiger charge is -2.25. The second kappa shape index (κ2) is 5.38. The van der Waals surface area contributed by atoms with Crippen molar-refractivity contribution in [1.82, 2.24) is 10.7 Å². The molecule has 3 N–H and O–H groups in total. The monoisotopic (exact) mass is 293 g/mol. The molecule has 0 unspecified atom stereocenters. The molecule has 5 nitrogen and oxygen atoms in total. The van der Waals surface area contributed by atoms with Crippen LogP contribution in [0.15, 0.2) is 18.2 Å². The number of carboxylic acids is 1. The van der Waals surface area contributed by atoms with Gasteiger partial charge in [-0.05, 0) is 62.7 Å². The van der Waals surface area contributed by atoms with Crippen LogP contribution in [0.5, 0.6) is 0 Å². The molecule has 1 aromatic carbocycles. The molecule has 0 spiro atoms. The van der Waals surface area contributed by atoms with Gasteiger partial charge in [0.15, 0.2) is 5.11 Å². The number of nitrogens with one attached hydrogen (secondary N) is 2. The highest BCUT2D eigenvalue weighted by Gasteiger charge is 2.36. The topological polar surface area (TPSA) is 64.6 Å². The van der Waals surface area contributed by atoms with Crippen molar-refractivity contribution in [2.75, 3.05) is 5.01 Å². The molecule has 0 amide bonds. The third-order valence-corrected chi connectivity index (χ3v) is 3.82. The van der Waals surface area contributed by atoms with E-state index in [1.165, 1.54) is 11.1 Å². The molecule has 1 heterocycles. The van der Waals surface area contributed by atoms with Crippen LogP contribution in [0, 0.1) is 13.8 Å². The molecule has 1 aliphatic heterocycles. The molecule has 0 aromatic heterocycles. The normalized spacial score (nSPS) is 21.9. The summed E-state index contributed by atoms with van der Waals surface area (Å²) in [6, 6.07) is 6.09. The second-order valence-electron chi connectivity index (χ2n) is 5.37. The largest absolute Gasteiger partial charge is 0.481 e.